The lowest BCUT2D eigenvalue weighted by atomic mass is 10.2. The highest BCUT2D eigenvalue weighted by atomic mass is 32.2. The number of pyridine rings is 1. The first-order valence-corrected chi connectivity index (χ1v) is 9.83. The van der Waals surface area contributed by atoms with E-state index in [0.29, 0.717) is 22.9 Å². The highest BCUT2D eigenvalue weighted by Crippen LogP contribution is 2.36. The van der Waals surface area contributed by atoms with Crippen molar-refractivity contribution in [2.75, 3.05) is 11.4 Å². The van der Waals surface area contributed by atoms with Crippen molar-refractivity contribution in [3.63, 3.8) is 0 Å². The molecule has 0 amide bonds. The summed E-state index contributed by atoms with van der Waals surface area (Å²) >= 11 is 0. The molecular weight excluding hydrogens is 368 g/mol. The van der Waals surface area contributed by atoms with Crippen LogP contribution >= 0.6 is 0 Å². The molecule has 0 radical (unpaired) electrons. The van der Waals surface area contributed by atoms with Crippen LogP contribution in [0.5, 0.6) is 17.2 Å². The van der Waals surface area contributed by atoms with Gasteiger partial charge in [0.05, 0.1) is 18.3 Å². The standard InChI is InChI=1S/C19H18N2O5S/c1-25-16-8-9-17-18(12-16)20-11-10-19(17)26-15-6-4-14(5-7-15)21(13-2-3-13)27(22,23)24/h4-13H,2-3H2,1H3,(H,22,23,24). The first kappa shape index (κ1) is 17.6. The zero-order chi connectivity index (χ0) is 19.0. The molecule has 27 heavy (non-hydrogen) atoms. The molecule has 0 bridgehead atoms. The molecule has 1 fully saturated rings. The molecule has 1 aromatic heterocycles. The third-order valence-electron chi connectivity index (χ3n) is 4.36. The van der Waals surface area contributed by atoms with Crippen molar-refractivity contribution in [2.45, 2.75) is 18.9 Å². The van der Waals surface area contributed by atoms with Crippen LogP contribution in [0.3, 0.4) is 0 Å². The molecule has 0 saturated heterocycles. The van der Waals surface area contributed by atoms with Gasteiger partial charge in [-0.3, -0.25) is 9.54 Å². The fourth-order valence-corrected chi connectivity index (χ4v) is 3.92. The average molecular weight is 386 g/mol. The van der Waals surface area contributed by atoms with E-state index in [-0.39, 0.29) is 6.04 Å². The van der Waals surface area contributed by atoms with Gasteiger partial charge in [-0.25, -0.2) is 4.31 Å². The van der Waals surface area contributed by atoms with Crippen molar-refractivity contribution in [1.29, 1.82) is 0 Å². The number of hydrogen-bond donors (Lipinski definition) is 1. The summed E-state index contributed by atoms with van der Waals surface area (Å²) in [5.74, 6) is 1.89. The Balaban J connectivity index is 1.61. The number of benzene rings is 2. The van der Waals surface area contributed by atoms with E-state index in [1.54, 1.807) is 43.6 Å². The van der Waals surface area contributed by atoms with Crippen molar-refractivity contribution < 1.29 is 22.4 Å². The minimum absolute atomic E-state index is 0.175. The molecule has 3 aromatic rings. The van der Waals surface area contributed by atoms with Crippen LogP contribution in [-0.2, 0) is 10.3 Å². The Hall–Kier alpha value is -2.84. The van der Waals surface area contributed by atoms with Crippen molar-refractivity contribution in [2.24, 2.45) is 0 Å². The lowest BCUT2D eigenvalue weighted by Gasteiger charge is -2.20. The predicted octanol–water partition coefficient (Wildman–Crippen LogP) is 3.81. The Morgan fingerprint density at radius 1 is 1.07 bits per heavy atom. The Morgan fingerprint density at radius 2 is 1.78 bits per heavy atom. The Bertz CT molecular complexity index is 1080. The van der Waals surface area contributed by atoms with Crippen LogP contribution < -0.4 is 13.8 Å². The second-order valence-corrected chi connectivity index (χ2v) is 7.58. The number of ether oxygens (including phenoxy) is 2. The van der Waals surface area contributed by atoms with E-state index < -0.39 is 10.3 Å². The molecule has 2 aromatic carbocycles. The average Bonchev–Trinajstić information content (AvgIpc) is 3.47. The maximum atomic E-state index is 11.6. The van der Waals surface area contributed by atoms with E-state index in [1.807, 2.05) is 18.2 Å². The van der Waals surface area contributed by atoms with Crippen LogP contribution in [0.15, 0.2) is 54.7 Å². The largest absolute Gasteiger partial charge is 0.497 e. The van der Waals surface area contributed by atoms with Crippen molar-refractivity contribution in [3.05, 3.63) is 54.7 Å². The molecule has 1 aliphatic carbocycles. The third-order valence-corrected chi connectivity index (χ3v) is 5.36. The minimum Gasteiger partial charge on any atom is -0.497 e. The van der Waals surface area contributed by atoms with Crippen LogP contribution in [0.2, 0.25) is 0 Å². The Morgan fingerprint density at radius 3 is 2.41 bits per heavy atom. The molecule has 1 saturated carbocycles. The summed E-state index contributed by atoms with van der Waals surface area (Å²) in [6.07, 6.45) is 3.13. The topological polar surface area (TPSA) is 89.0 Å². The number of aromatic nitrogens is 1. The quantitative estimate of drug-likeness (QED) is 0.648. The van der Waals surface area contributed by atoms with Crippen LogP contribution in [0.25, 0.3) is 10.9 Å². The van der Waals surface area contributed by atoms with E-state index in [4.69, 9.17) is 9.47 Å². The van der Waals surface area contributed by atoms with Crippen LogP contribution in [-0.4, -0.2) is 31.1 Å². The van der Waals surface area contributed by atoms with Gasteiger partial charge in [0.2, 0.25) is 0 Å². The second-order valence-electron chi connectivity index (χ2n) is 6.29. The molecule has 140 valence electrons. The minimum atomic E-state index is -4.29. The van der Waals surface area contributed by atoms with Gasteiger partial charge in [0.25, 0.3) is 0 Å². The monoisotopic (exact) mass is 386 g/mol. The summed E-state index contributed by atoms with van der Waals surface area (Å²) < 4.78 is 44.9. The van der Waals surface area contributed by atoms with Gasteiger partial charge < -0.3 is 9.47 Å². The second kappa shape index (κ2) is 6.71. The smallest absolute Gasteiger partial charge is 0.360 e. The highest BCUT2D eigenvalue weighted by molar-refractivity contribution is 7.87. The van der Waals surface area contributed by atoms with Gasteiger partial charge in [0.15, 0.2) is 0 Å². The lowest BCUT2D eigenvalue weighted by Crippen LogP contribution is -2.32. The van der Waals surface area contributed by atoms with Gasteiger partial charge in [-0.05, 0) is 55.3 Å². The van der Waals surface area contributed by atoms with E-state index >= 15 is 0 Å². The van der Waals surface area contributed by atoms with E-state index in [2.05, 4.69) is 4.98 Å². The number of rotatable bonds is 6. The number of nitrogens with zero attached hydrogens (tertiary/aromatic N) is 2. The van der Waals surface area contributed by atoms with Crippen LogP contribution in [0.1, 0.15) is 12.8 Å². The molecule has 1 N–H and O–H groups in total. The summed E-state index contributed by atoms with van der Waals surface area (Å²) in [6, 6.07) is 13.7. The fraction of sp³-hybridized carbons (Fsp3) is 0.211. The van der Waals surface area contributed by atoms with Gasteiger partial charge in [-0.15, -0.1) is 0 Å². The first-order chi connectivity index (χ1) is 13.0. The van der Waals surface area contributed by atoms with Gasteiger partial charge >= 0.3 is 10.3 Å². The number of fused-ring (bicyclic) bond motifs is 1. The maximum Gasteiger partial charge on any atom is 0.360 e. The summed E-state index contributed by atoms with van der Waals surface area (Å²) in [6.45, 7) is 0. The molecular formula is C19H18N2O5S. The van der Waals surface area contributed by atoms with Gasteiger partial charge in [0.1, 0.15) is 17.2 Å². The van der Waals surface area contributed by atoms with Crippen molar-refractivity contribution in [3.8, 4) is 17.2 Å². The molecule has 0 spiro atoms. The Kier molecular flexibility index (Phi) is 4.37. The number of methoxy groups -OCH3 is 1. The van der Waals surface area contributed by atoms with Crippen LogP contribution in [0, 0.1) is 0 Å². The summed E-state index contributed by atoms with van der Waals surface area (Å²) in [7, 11) is -2.69. The zero-order valence-electron chi connectivity index (χ0n) is 14.6. The van der Waals surface area contributed by atoms with Crippen molar-refractivity contribution >= 4 is 26.9 Å². The molecule has 1 heterocycles. The molecule has 7 nitrogen and oxygen atoms in total. The lowest BCUT2D eigenvalue weighted by molar-refractivity contribution is 0.415. The normalized spacial score (nSPS) is 14.1. The summed E-state index contributed by atoms with van der Waals surface area (Å²) in [4.78, 5) is 4.32. The molecule has 4 rings (SSSR count). The Labute approximate surface area is 157 Å². The van der Waals surface area contributed by atoms with Gasteiger partial charge in [-0.2, -0.15) is 8.42 Å². The molecule has 1 aliphatic rings. The third kappa shape index (κ3) is 3.67. The fourth-order valence-electron chi connectivity index (χ4n) is 2.95. The van der Waals surface area contributed by atoms with E-state index in [1.165, 1.54) is 0 Å². The predicted molar refractivity (Wildman–Crippen MR) is 102 cm³/mol. The first-order valence-electron chi connectivity index (χ1n) is 8.43. The van der Waals surface area contributed by atoms with E-state index in [0.717, 1.165) is 28.0 Å². The molecule has 0 atom stereocenters. The maximum absolute atomic E-state index is 11.6. The molecule has 0 unspecified atom stereocenters. The highest BCUT2D eigenvalue weighted by Gasteiger charge is 2.36. The molecule has 0 aliphatic heterocycles. The summed E-state index contributed by atoms with van der Waals surface area (Å²) in [5, 5.41) is 0.833. The van der Waals surface area contributed by atoms with Gasteiger partial charge in [0, 0.05) is 23.7 Å². The number of hydrogen-bond acceptors (Lipinski definition) is 5. The zero-order valence-corrected chi connectivity index (χ0v) is 15.4. The molecule has 8 heteroatoms. The van der Waals surface area contributed by atoms with E-state index in [9.17, 15) is 13.0 Å². The van der Waals surface area contributed by atoms with Gasteiger partial charge in [-0.1, -0.05) is 0 Å². The van der Waals surface area contributed by atoms with Crippen molar-refractivity contribution in [1.82, 2.24) is 4.98 Å². The SMILES string of the molecule is COc1ccc2c(Oc3ccc(N(C4CC4)S(=O)(=O)O)cc3)ccnc2c1. The van der Waals surface area contributed by atoms with Crippen LogP contribution in [0.4, 0.5) is 5.69 Å². The summed E-state index contributed by atoms with van der Waals surface area (Å²) in [5.41, 5.74) is 1.16. The number of anilines is 1.